The first-order valence-electron chi connectivity index (χ1n) is 8.35. The minimum absolute atomic E-state index is 0.0226. The van der Waals surface area contributed by atoms with E-state index in [9.17, 15) is 9.59 Å². The van der Waals surface area contributed by atoms with E-state index in [1.54, 1.807) is 6.92 Å². The van der Waals surface area contributed by atoms with Crippen LogP contribution >= 0.6 is 0 Å². The maximum Gasteiger partial charge on any atom is 0.345 e. The summed E-state index contributed by atoms with van der Waals surface area (Å²) in [6.45, 7) is 12.0. The lowest BCUT2D eigenvalue weighted by atomic mass is 9.97. The molecular weight excluding hydrogens is 304 g/mol. The summed E-state index contributed by atoms with van der Waals surface area (Å²) in [7, 11) is 0. The first-order valence-corrected chi connectivity index (χ1v) is 8.35. The first-order chi connectivity index (χ1) is 11.2. The number of allylic oxidation sites excluding steroid dienone is 1. The molecule has 1 aromatic carbocycles. The zero-order chi connectivity index (χ0) is 18.3. The molecule has 1 rings (SSSR count). The van der Waals surface area contributed by atoms with Gasteiger partial charge in [0.2, 0.25) is 0 Å². The number of carbonyl (C=O) groups excluding carboxylic acids is 2. The molecule has 0 saturated heterocycles. The second-order valence-corrected chi connectivity index (χ2v) is 6.80. The van der Waals surface area contributed by atoms with E-state index in [1.165, 1.54) is 0 Å². The van der Waals surface area contributed by atoms with Crippen LogP contribution in [0.4, 0.5) is 0 Å². The van der Waals surface area contributed by atoms with Gasteiger partial charge in [0.05, 0.1) is 13.2 Å². The van der Waals surface area contributed by atoms with Crippen molar-refractivity contribution in [1.29, 1.82) is 0 Å². The molecule has 24 heavy (non-hydrogen) atoms. The lowest BCUT2D eigenvalue weighted by Gasteiger charge is -2.15. The third kappa shape index (κ3) is 5.84. The Morgan fingerprint density at radius 1 is 0.917 bits per heavy atom. The number of carbonyl (C=O) groups is 2. The summed E-state index contributed by atoms with van der Waals surface area (Å²) in [4.78, 5) is 25.0. The highest BCUT2D eigenvalue weighted by atomic mass is 16.6. The minimum atomic E-state index is -0.627. The Morgan fingerprint density at radius 2 is 1.38 bits per heavy atom. The number of aryl methyl sites for hydroxylation is 1. The van der Waals surface area contributed by atoms with Crippen LogP contribution in [0.15, 0.2) is 29.8 Å². The van der Waals surface area contributed by atoms with Gasteiger partial charge in [-0.15, -0.1) is 0 Å². The molecule has 0 heterocycles. The third-order valence-electron chi connectivity index (χ3n) is 3.43. The standard InChI is InChI=1S/C20H28O4/c1-13(2)11-23-19(21)18(20(22)24-12-14(3)4)16(6)17-10-8-7-9-15(17)5/h7-10,13-14H,11-12H2,1-6H3. The zero-order valence-electron chi connectivity index (χ0n) is 15.5. The van der Waals surface area contributed by atoms with Gasteiger partial charge in [-0.1, -0.05) is 52.0 Å². The number of ether oxygens (including phenoxy) is 2. The van der Waals surface area contributed by atoms with E-state index < -0.39 is 11.9 Å². The number of rotatable bonds is 7. The van der Waals surface area contributed by atoms with Gasteiger partial charge in [0.15, 0.2) is 0 Å². The lowest BCUT2D eigenvalue weighted by Crippen LogP contribution is -2.22. The van der Waals surface area contributed by atoms with E-state index in [2.05, 4.69) is 0 Å². The molecule has 132 valence electrons. The highest BCUT2D eigenvalue weighted by Gasteiger charge is 2.26. The molecule has 0 aliphatic heterocycles. The molecule has 0 aliphatic carbocycles. The van der Waals surface area contributed by atoms with Crippen molar-refractivity contribution in [3.63, 3.8) is 0 Å². The Morgan fingerprint density at radius 3 is 1.79 bits per heavy atom. The smallest absolute Gasteiger partial charge is 0.345 e. The minimum Gasteiger partial charge on any atom is -0.462 e. The van der Waals surface area contributed by atoms with Crippen molar-refractivity contribution in [2.24, 2.45) is 11.8 Å². The van der Waals surface area contributed by atoms with Crippen LogP contribution in [-0.4, -0.2) is 25.2 Å². The van der Waals surface area contributed by atoms with E-state index >= 15 is 0 Å². The average Bonchev–Trinajstić information content (AvgIpc) is 2.51. The van der Waals surface area contributed by atoms with Crippen molar-refractivity contribution in [1.82, 2.24) is 0 Å². The van der Waals surface area contributed by atoms with Crippen LogP contribution in [0.5, 0.6) is 0 Å². The van der Waals surface area contributed by atoms with Crippen molar-refractivity contribution in [3.05, 3.63) is 41.0 Å². The molecule has 0 aromatic heterocycles. The van der Waals surface area contributed by atoms with Gasteiger partial charge < -0.3 is 9.47 Å². The molecular formula is C20H28O4. The number of benzene rings is 1. The fourth-order valence-corrected chi connectivity index (χ4v) is 2.15. The van der Waals surface area contributed by atoms with Gasteiger partial charge in [0, 0.05) is 0 Å². The second-order valence-electron chi connectivity index (χ2n) is 6.80. The molecule has 4 nitrogen and oxygen atoms in total. The molecule has 0 fully saturated rings. The van der Waals surface area contributed by atoms with E-state index in [0.29, 0.717) is 5.57 Å². The van der Waals surface area contributed by atoms with E-state index in [-0.39, 0.29) is 30.6 Å². The van der Waals surface area contributed by atoms with Gasteiger partial charge in [-0.25, -0.2) is 9.59 Å². The van der Waals surface area contributed by atoms with Crippen molar-refractivity contribution in [3.8, 4) is 0 Å². The molecule has 0 saturated carbocycles. The van der Waals surface area contributed by atoms with E-state index in [4.69, 9.17) is 9.47 Å². The summed E-state index contributed by atoms with van der Waals surface area (Å²) >= 11 is 0. The molecule has 0 bridgehead atoms. The molecule has 0 radical (unpaired) electrons. The maximum atomic E-state index is 12.5. The van der Waals surface area contributed by atoms with Crippen LogP contribution in [0.2, 0.25) is 0 Å². The van der Waals surface area contributed by atoms with Crippen LogP contribution < -0.4 is 0 Å². The number of hydrogen-bond acceptors (Lipinski definition) is 4. The zero-order valence-corrected chi connectivity index (χ0v) is 15.5. The summed E-state index contributed by atoms with van der Waals surface area (Å²) in [5.41, 5.74) is 2.39. The van der Waals surface area contributed by atoms with Gasteiger partial charge in [-0.05, 0) is 42.4 Å². The van der Waals surface area contributed by atoms with Crippen LogP contribution in [0.3, 0.4) is 0 Å². The predicted molar refractivity (Wildman–Crippen MR) is 95.4 cm³/mol. The van der Waals surface area contributed by atoms with Crippen molar-refractivity contribution < 1.29 is 19.1 Å². The molecule has 1 aromatic rings. The van der Waals surface area contributed by atoms with Crippen molar-refractivity contribution >= 4 is 17.5 Å². The summed E-state index contributed by atoms with van der Waals surface area (Å²) < 4.78 is 10.6. The Labute approximate surface area is 144 Å². The monoisotopic (exact) mass is 332 g/mol. The highest BCUT2D eigenvalue weighted by Crippen LogP contribution is 2.24. The van der Waals surface area contributed by atoms with Crippen LogP contribution in [0.1, 0.15) is 45.7 Å². The van der Waals surface area contributed by atoms with Gasteiger partial charge in [0.25, 0.3) is 0 Å². The quantitative estimate of drug-likeness (QED) is 0.325. The van der Waals surface area contributed by atoms with E-state index in [0.717, 1.165) is 11.1 Å². The summed E-state index contributed by atoms with van der Waals surface area (Å²) in [5, 5.41) is 0. The predicted octanol–water partition coefficient (Wildman–Crippen LogP) is 4.17. The molecule has 0 spiro atoms. The molecule has 0 aliphatic rings. The largest absolute Gasteiger partial charge is 0.462 e. The SMILES string of the molecule is CC(=C(C(=O)OCC(C)C)C(=O)OCC(C)C)c1ccccc1C. The Bertz CT molecular complexity index is 586. The molecule has 0 unspecified atom stereocenters. The summed E-state index contributed by atoms with van der Waals surface area (Å²) in [6.07, 6.45) is 0. The molecule has 0 amide bonds. The normalized spacial score (nSPS) is 10.7. The van der Waals surface area contributed by atoms with Crippen LogP contribution in [0, 0.1) is 18.8 Å². The lowest BCUT2D eigenvalue weighted by molar-refractivity contribution is -0.148. The summed E-state index contributed by atoms with van der Waals surface area (Å²) in [5.74, 6) is -0.863. The van der Waals surface area contributed by atoms with E-state index in [1.807, 2.05) is 58.9 Å². The van der Waals surface area contributed by atoms with Gasteiger partial charge in [-0.3, -0.25) is 0 Å². The number of esters is 2. The van der Waals surface area contributed by atoms with Gasteiger partial charge in [-0.2, -0.15) is 0 Å². The van der Waals surface area contributed by atoms with Crippen LogP contribution in [-0.2, 0) is 19.1 Å². The highest BCUT2D eigenvalue weighted by molar-refractivity contribution is 6.19. The van der Waals surface area contributed by atoms with Gasteiger partial charge >= 0.3 is 11.9 Å². The first kappa shape index (κ1) is 19.9. The Hall–Kier alpha value is -2.10. The Balaban J connectivity index is 3.21. The molecule has 0 N–H and O–H groups in total. The van der Waals surface area contributed by atoms with Crippen molar-refractivity contribution in [2.45, 2.75) is 41.5 Å². The fraction of sp³-hybridized carbons (Fsp3) is 0.500. The summed E-state index contributed by atoms with van der Waals surface area (Å²) in [6, 6.07) is 7.62. The average molecular weight is 332 g/mol. The number of hydrogen-bond donors (Lipinski definition) is 0. The molecule has 4 heteroatoms. The van der Waals surface area contributed by atoms with Crippen molar-refractivity contribution in [2.75, 3.05) is 13.2 Å². The Kier molecular flexibility index (Phi) is 7.69. The fourth-order valence-electron chi connectivity index (χ4n) is 2.15. The topological polar surface area (TPSA) is 52.6 Å². The molecule has 0 atom stereocenters. The van der Waals surface area contributed by atoms with Gasteiger partial charge in [0.1, 0.15) is 5.57 Å². The third-order valence-corrected chi connectivity index (χ3v) is 3.43. The second kappa shape index (κ2) is 9.26. The maximum absolute atomic E-state index is 12.5. The van der Waals surface area contributed by atoms with Crippen LogP contribution in [0.25, 0.3) is 5.57 Å².